The predicted octanol–water partition coefficient (Wildman–Crippen LogP) is 2.63. The summed E-state index contributed by atoms with van der Waals surface area (Å²) in [6.07, 6.45) is 0.682. The maximum Gasteiger partial charge on any atom is 0.407 e. The second kappa shape index (κ2) is 17.0. The first-order valence-electron chi connectivity index (χ1n) is 12.0. The van der Waals surface area contributed by atoms with Crippen molar-refractivity contribution in [3.05, 3.63) is 12.2 Å². The van der Waals surface area contributed by atoms with Crippen LogP contribution in [0.1, 0.15) is 68.2 Å². The van der Waals surface area contributed by atoms with Crippen molar-refractivity contribution in [3.63, 3.8) is 0 Å². The van der Waals surface area contributed by atoms with Crippen LogP contribution in [0.2, 0.25) is 0 Å². The summed E-state index contributed by atoms with van der Waals surface area (Å²) in [4.78, 5) is 45.5. The SMILES string of the molecule is C=C(C)C(=O)OCCNC(=O)OCCOC(=O)C(C)(C)CC.CCC(C)C(=O)NC(C)(C)CS(=O)(=O)O. The van der Waals surface area contributed by atoms with Crippen molar-refractivity contribution in [1.29, 1.82) is 0 Å². The van der Waals surface area contributed by atoms with Gasteiger partial charge in [0.2, 0.25) is 5.91 Å². The largest absolute Gasteiger partial charge is 0.462 e. The summed E-state index contributed by atoms with van der Waals surface area (Å²) in [7, 11) is -4.07. The van der Waals surface area contributed by atoms with Gasteiger partial charge in [-0.05, 0) is 47.5 Å². The Morgan fingerprint density at radius 2 is 1.51 bits per heavy atom. The molecular formula is C24H44N2O10S. The first-order chi connectivity index (χ1) is 16.8. The van der Waals surface area contributed by atoms with E-state index in [4.69, 9.17) is 18.8 Å². The number of ether oxygens (including phenoxy) is 3. The van der Waals surface area contributed by atoms with Gasteiger partial charge in [-0.3, -0.25) is 14.1 Å². The number of alkyl carbamates (subject to hydrolysis) is 1. The fourth-order valence-electron chi connectivity index (χ4n) is 2.21. The molecule has 2 amide bonds. The molecule has 37 heavy (non-hydrogen) atoms. The van der Waals surface area contributed by atoms with Crippen molar-refractivity contribution >= 4 is 34.1 Å². The highest BCUT2D eigenvalue weighted by atomic mass is 32.2. The van der Waals surface area contributed by atoms with Crippen LogP contribution in [0.3, 0.4) is 0 Å². The monoisotopic (exact) mass is 552 g/mol. The van der Waals surface area contributed by atoms with Gasteiger partial charge in [0.05, 0.1) is 23.3 Å². The summed E-state index contributed by atoms with van der Waals surface area (Å²) in [5.41, 5.74) is -1.21. The third kappa shape index (κ3) is 19.2. The lowest BCUT2D eigenvalue weighted by molar-refractivity contribution is -0.155. The lowest BCUT2D eigenvalue weighted by atomic mass is 9.91. The molecule has 1 unspecified atom stereocenters. The zero-order valence-corrected chi connectivity index (χ0v) is 24.1. The normalized spacial score (nSPS) is 12.2. The number of amides is 2. The summed E-state index contributed by atoms with van der Waals surface area (Å²) in [6.45, 7) is 17.3. The smallest absolute Gasteiger partial charge is 0.407 e. The van der Waals surface area contributed by atoms with Gasteiger partial charge in [0.1, 0.15) is 19.8 Å². The van der Waals surface area contributed by atoms with Crippen LogP contribution in [-0.4, -0.2) is 74.6 Å². The number of carbonyl (C=O) groups excluding carboxylic acids is 4. The molecule has 3 N–H and O–H groups in total. The third-order valence-electron chi connectivity index (χ3n) is 5.00. The van der Waals surface area contributed by atoms with E-state index in [-0.39, 0.29) is 44.2 Å². The summed E-state index contributed by atoms with van der Waals surface area (Å²) < 4.78 is 44.6. The average Bonchev–Trinajstić information content (AvgIpc) is 2.76. The lowest BCUT2D eigenvalue weighted by Crippen LogP contribution is -2.49. The van der Waals surface area contributed by atoms with Gasteiger partial charge in [-0.1, -0.05) is 27.4 Å². The number of nitrogens with one attached hydrogen (secondary N) is 2. The van der Waals surface area contributed by atoms with Gasteiger partial charge in [-0.25, -0.2) is 9.59 Å². The maximum atomic E-state index is 11.6. The van der Waals surface area contributed by atoms with E-state index in [2.05, 4.69) is 17.2 Å². The third-order valence-corrected chi connectivity index (χ3v) is 6.09. The Bertz CT molecular complexity index is 882. The molecule has 0 bridgehead atoms. The van der Waals surface area contributed by atoms with Crippen molar-refractivity contribution in [2.75, 3.05) is 32.1 Å². The molecule has 0 spiro atoms. The first kappa shape index (κ1) is 36.5. The second-order valence-electron chi connectivity index (χ2n) is 9.76. The van der Waals surface area contributed by atoms with Crippen LogP contribution in [0.25, 0.3) is 0 Å². The molecule has 13 heteroatoms. The molecule has 0 fully saturated rings. The fraction of sp³-hybridized carbons (Fsp3) is 0.750. The minimum atomic E-state index is -4.07. The molecule has 216 valence electrons. The Morgan fingerprint density at radius 3 is 1.97 bits per heavy atom. The van der Waals surface area contributed by atoms with Gasteiger partial charge in [0.15, 0.2) is 0 Å². The summed E-state index contributed by atoms with van der Waals surface area (Å²) in [6, 6.07) is 0. The van der Waals surface area contributed by atoms with E-state index < -0.39 is 38.9 Å². The van der Waals surface area contributed by atoms with Gasteiger partial charge >= 0.3 is 18.0 Å². The highest BCUT2D eigenvalue weighted by molar-refractivity contribution is 7.85. The van der Waals surface area contributed by atoms with Crippen LogP contribution in [0, 0.1) is 11.3 Å². The molecule has 0 heterocycles. The molecule has 12 nitrogen and oxygen atoms in total. The fourth-order valence-corrected chi connectivity index (χ4v) is 3.20. The number of hydrogen-bond donors (Lipinski definition) is 3. The van der Waals surface area contributed by atoms with Crippen molar-refractivity contribution in [2.24, 2.45) is 11.3 Å². The minimum Gasteiger partial charge on any atom is -0.462 e. The molecular weight excluding hydrogens is 508 g/mol. The van der Waals surface area contributed by atoms with E-state index >= 15 is 0 Å². The zero-order valence-electron chi connectivity index (χ0n) is 23.3. The Labute approximate surface area is 220 Å². The molecule has 0 aliphatic rings. The molecule has 0 aromatic carbocycles. The van der Waals surface area contributed by atoms with Crippen molar-refractivity contribution in [3.8, 4) is 0 Å². The standard InChI is InChI=1S/C15H25NO6.C9H19NO4S/c1-6-15(4,5)13(18)21-9-10-22-14(19)16-7-8-20-12(17)11(2)3;1-5-7(2)8(11)10-9(3,4)6-15(12,13)14/h2,6-10H2,1,3-5H3,(H,16,19);7H,5-6H2,1-4H3,(H,10,11)(H,12,13,14). The predicted molar refractivity (Wildman–Crippen MR) is 138 cm³/mol. The quantitative estimate of drug-likeness (QED) is 0.0955. The van der Waals surface area contributed by atoms with E-state index in [1.54, 1.807) is 34.6 Å². The van der Waals surface area contributed by atoms with E-state index in [1.165, 1.54) is 6.92 Å². The van der Waals surface area contributed by atoms with E-state index in [0.717, 1.165) is 0 Å². The minimum absolute atomic E-state index is 0.000325. The Kier molecular flexibility index (Phi) is 16.7. The number of esters is 2. The molecule has 0 saturated carbocycles. The molecule has 0 saturated heterocycles. The van der Waals surface area contributed by atoms with Crippen LogP contribution in [0.5, 0.6) is 0 Å². The highest BCUT2D eigenvalue weighted by Gasteiger charge is 2.28. The van der Waals surface area contributed by atoms with Crippen LogP contribution in [0.15, 0.2) is 12.2 Å². The zero-order chi connectivity index (χ0) is 29.4. The number of carbonyl (C=O) groups is 4. The first-order valence-corrected chi connectivity index (χ1v) is 13.6. The molecule has 0 aliphatic carbocycles. The molecule has 0 aromatic rings. The van der Waals surface area contributed by atoms with Gasteiger partial charge in [-0.2, -0.15) is 8.42 Å². The molecule has 0 radical (unpaired) electrons. The maximum absolute atomic E-state index is 11.6. The van der Waals surface area contributed by atoms with Crippen LogP contribution in [0.4, 0.5) is 4.79 Å². The Balaban J connectivity index is 0. The van der Waals surface area contributed by atoms with Crippen molar-refractivity contribution in [2.45, 2.75) is 73.8 Å². The van der Waals surface area contributed by atoms with Gasteiger partial charge in [-0.15, -0.1) is 0 Å². The number of hydrogen-bond acceptors (Lipinski definition) is 9. The van der Waals surface area contributed by atoms with Crippen LogP contribution >= 0.6 is 0 Å². The van der Waals surface area contributed by atoms with E-state index in [0.29, 0.717) is 18.4 Å². The summed E-state index contributed by atoms with van der Waals surface area (Å²) in [5.74, 6) is -1.69. The van der Waals surface area contributed by atoms with Gasteiger partial charge in [0, 0.05) is 11.5 Å². The van der Waals surface area contributed by atoms with Crippen molar-refractivity contribution < 1.29 is 46.4 Å². The Hall–Kier alpha value is -2.67. The lowest BCUT2D eigenvalue weighted by Gasteiger charge is -2.26. The molecule has 1 atom stereocenters. The number of rotatable bonds is 14. The van der Waals surface area contributed by atoms with E-state index in [1.807, 2.05) is 13.8 Å². The second-order valence-corrected chi connectivity index (χ2v) is 11.2. The van der Waals surface area contributed by atoms with Crippen molar-refractivity contribution in [1.82, 2.24) is 10.6 Å². The molecule has 0 rings (SSSR count). The van der Waals surface area contributed by atoms with Gasteiger partial charge < -0.3 is 24.8 Å². The average molecular weight is 553 g/mol. The topological polar surface area (TPSA) is 174 Å². The molecule has 0 aliphatic heterocycles. The summed E-state index contributed by atoms with van der Waals surface area (Å²) >= 11 is 0. The van der Waals surface area contributed by atoms with Crippen LogP contribution < -0.4 is 10.6 Å². The molecule has 0 aromatic heterocycles. The highest BCUT2D eigenvalue weighted by Crippen LogP contribution is 2.21. The van der Waals surface area contributed by atoms with Crippen LogP contribution in [-0.2, 0) is 38.7 Å². The van der Waals surface area contributed by atoms with Gasteiger partial charge in [0.25, 0.3) is 10.1 Å². The summed E-state index contributed by atoms with van der Waals surface area (Å²) in [5, 5.41) is 4.98. The Morgan fingerprint density at radius 1 is 0.973 bits per heavy atom. The van der Waals surface area contributed by atoms with E-state index in [9.17, 15) is 27.6 Å².